The molecule has 0 saturated carbocycles. The third-order valence-electron chi connectivity index (χ3n) is 4.79. The summed E-state index contributed by atoms with van der Waals surface area (Å²) in [6.45, 7) is 5.32. The van der Waals surface area contributed by atoms with Gasteiger partial charge < -0.3 is 10.0 Å². The third kappa shape index (κ3) is 2.64. The van der Waals surface area contributed by atoms with Crippen molar-refractivity contribution in [3.63, 3.8) is 0 Å². The van der Waals surface area contributed by atoms with Gasteiger partial charge in [-0.25, -0.2) is 14.6 Å². The van der Waals surface area contributed by atoms with Crippen molar-refractivity contribution in [1.29, 1.82) is 0 Å². The Hall–Kier alpha value is -2.55. The van der Waals surface area contributed by atoms with Crippen LogP contribution in [0.3, 0.4) is 0 Å². The largest absolute Gasteiger partial charge is 0.382 e. The summed E-state index contributed by atoms with van der Waals surface area (Å²) in [6, 6.07) is 0.210. The van der Waals surface area contributed by atoms with Crippen molar-refractivity contribution < 1.29 is 5.11 Å². The average Bonchev–Trinajstić information content (AvgIpc) is 3.23. The predicted molar refractivity (Wildman–Crippen MR) is 92.1 cm³/mol. The molecular formula is C16H22N8O. The van der Waals surface area contributed by atoms with E-state index in [1.807, 2.05) is 27.1 Å². The second kappa shape index (κ2) is 5.76. The Kier molecular flexibility index (Phi) is 3.68. The quantitative estimate of drug-likeness (QED) is 0.759. The highest BCUT2D eigenvalue weighted by atomic mass is 16.3. The van der Waals surface area contributed by atoms with E-state index in [2.05, 4.69) is 30.3 Å². The molecule has 0 aromatic carbocycles. The molecule has 25 heavy (non-hydrogen) atoms. The van der Waals surface area contributed by atoms with Gasteiger partial charge in [0.05, 0.1) is 24.3 Å². The lowest BCUT2D eigenvalue weighted by Gasteiger charge is -2.38. The highest BCUT2D eigenvalue weighted by molar-refractivity contribution is 5.86. The summed E-state index contributed by atoms with van der Waals surface area (Å²) in [5, 5.41) is 24.7. The number of aryl methyl sites for hydroxylation is 1. The lowest BCUT2D eigenvalue weighted by Crippen LogP contribution is -2.46. The Morgan fingerprint density at radius 1 is 1.28 bits per heavy atom. The minimum Gasteiger partial charge on any atom is -0.382 e. The number of hydrogen-bond acceptors (Lipinski definition) is 7. The van der Waals surface area contributed by atoms with Gasteiger partial charge in [0.15, 0.2) is 5.65 Å². The zero-order chi connectivity index (χ0) is 17.6. The zero-order valence-electron chi connectivity index (χ0n) is 14.7. The Bertz CT molecular complexity index is 901. The van der Waals surface area contributed by atoms with Gasteiger partial charge in [0.2, 0.25) is 0 Å². The Morgan fingerprint density at radius 2 is 2.12 bits per heavy atom. The number of fused-ring (bicyclic) bond motifs is 1. The molecule has 0 unspecified atom stereocenters. The van der Waals surface area contributed by atoms with E-state index in [1.54, 1.807) is 21.9 Å². The van der Waals surface area contributed by atoms with Gasteiger partial charge in [0, 0.05) is 19.6 Å². The number of aromatic nitrogens is 7. The summed E-state index contributed by atoms with van der Waals surface area (Å²) in [6.07, 6.45) is 6.65. The first kappa shape index (κ1) is 15.9. The van der Waals surface area contributed by atoms with E-state index in [-0.39, 0.29) is 6.04 Å². The fourth-order valence-corrected chi connectivity index (χ4v) is 3.37. The first-order chi connectivity index (χ1) is 12.0. The molecule has 9 nitrogen and oxygen atoms in total. The molecule has 132 valence electrons. The van der Waals surface area contributed by atoms with Crippen LogP contribution in [0, 0.1) is 0 Å². The molecule has 0 aliphatic carbocycles. The second-order valence-corrected chi connectivity index (χ2v) is 6.94. The maximum atomic E-state index is 11.2. The maximum Gasteiger partial charge on any atom is 0.163 e. The van der Waals surface area contributed by atoms with Crippen LogP contribution in [0.25, 0.3) is 11.0 Å². The smallest absolute Gasteiger partial charge is 0.163 e. The van der Waals surface area contributed by atoms with Crippen molar-refractivity contribution in [2.45, 2.75) is 38.3 Å². The minimum atomic E-state index is -1.04. The van der Waals surface area contributed by atoms with Crippen LogP contribution in [0.1, 0.15) is 38.4 Å². The highest BCUT2D eigenvalue weighted by Gasteiger charge is 2.38. The molecule has 3 aromatic heterocycles. The van der Waals surface area contributed by atoms with Gasteiger partial charge in [-0.1, -0.05) is 5.21 Å². The monoisotopic (exact) mass is 342 g/mol. The van der Waals surface area contributed by atoms with Gasteiger partial charge in [0.1, 0.15) is 23.4 Å². The van der Waals surface area contributed by atoms with Gasteiger partial charge in [-0.15, -0.1) is 5.10 Å². The van der Waals surface area contributed by atoms with Crippen molar-refractivity contribution in [1.82, 2.24) is 34.7 Å². The molecular weight excluding hydrogens is 320 g/mol. The van der Waals surface area contributed by atoms with E-state index in [9.17, 15) is 5.11 Å². The van der Waals surface area contributed by atoms with Crippen LogP contribution >= 0.6 is 0 Å². The average molecular weight is 342 g/mol. The summed E-state index contributed by atoms with van der Waals surface area (Å²) in [5.74, 6) is 0.799. The first-order valence-electron chi connectivity index (χ1n) is 8.50. The van der Waals surface area contributed by atoms with E-state index in [0.717, 1.165) is 29.8 Å². The van der Waals surface area contributed by atoms with Gasteiger partial charge in [0.25, 0.3) is 0 Å². The highest BCUT2D eigenvalue weighted by Crippen LogP contribution is 2.34. The molecule has 1 atom stereocenters. The van der Waals surface area contributed by atoms with Gasteiger partial charge in [-0.05, 0) is 26.7 Å². The Labute approximate surface area is 145 Å². The van der Waals surface area contributed by atoms with Crippen LogP contribution in [-0.4, -0.2) is 52.9 Å². The molecule has 1 saturated heterocycles. The number of anilines is 1. The number of rotatable bonds is 3. The zero-order valence-corrected chi connectivity index (χ0v) is 14.7. The van der Waals surface area contributed by atoms with Gasteiger partial charge in [-0.2, -0.15) is 5.10 Å². The minimum absolute atomic E-state index is 0.210. The van der Waals surface area contributed by atoms with E-state index >= 15 is 0 Å². The number of β-amino-alcohol motifs (C(OH)–C–C–N with tert-alkyl or cyclic N) is 1. The molecule has 0 spiro atoms. The SMILES string of the molecule is CC(C)n1cc([C@@]2(O)CCCN(c3ncnc4c3cnn4C)C2)nn1. The van der Waals surface area contributed by atoms with Crippen molar-refractivity contribution in [2.24, 2.45) is 7.05 Å². The standard InChI is InChI=1S/C16H22N8O/c1-11(2)24-8-13(20-21-24)16(25)5-4-6-23(9-16)15-12-7-19-22(3)14(12)17-10-18-15/h7-8,10-11,25H,4-6,9H2,1-3H3/t16-/m1/s1. The van der Waals surface area contributed by atoms with Crippen molar-refractivity contribution in [3.8, 4) is 0 Å². The molecule has 9 heteroatoms. The summed E-state index contributed by atoms with van der Waals surface area (Å²) < 4.78 is 3.50. The van der Waals surface area contributed by atoms with Crippen LogP contribution in [0.2, 0.25) is 0 Å². The molecule has 4 rings (SSSR count). The Morgan fingerprint density at radius 3 is 2.88 bits per heavy atom. The number of hydrogen-bond donors (Lipinski definition) is 1. The molecule has 4 heterocycles. The van der Waals surface area contributed by atoms with E-state index in [1.165, 1.54) is 0 Å². The molecule has 1 aliphatic heterocycles. The molecule has 0 amide bonds. The summed E-state index contributed by atoms with van der Waals surface area (Å²) in [7, 11) is 1.86. The van der Waals surface area contributed by atoms with Crippen LogP contribution in [0.15, 0.2) is 18.7 Å². The molecule has 1 aliphatic rings. The van der Waals surface area contributed by atoms with Gasteiger partial charge >= 0.3 is 0 Å². The van der Waals surface area contributed by atoms with Crippen LogP contribution in [0.5, 0.6) is 0 Å². The normalized spacial score (nSPS) is 21.4. The summed E-state index contributed by atoms with van der Waals surface area (Å²) in [5.41, 5.74) is 0.359. The topological polar surface area (TPSA) is 97.8 Å². The lowest BCUT2D eigenvalue weighted by molar-refractivity contribution is 0.0175. The summed E-state index contributed by atoms with van der Waals surface area (Å²) >= 11 is 0. The van der Waals surface area contributed by atoms with E-state index < -0.39 is 5.60 Å². The molecule has 0 bridgehead atoms. The van der Waals surface area contributed by atoms with Crippen LogP contribution in [-0.2, 0) is 12.6 Å². The van der Waals surface area contributed by atoms with E-state index in [4.69, 9.17) is 0 Å². The molecule has 1 fully saturated rings. The number of aliphatic hydroxyl groups is 1. The summed E-state index contributed by atoms with van der Waals surface area (Å²) in [4.78, 5) is 10.8. The second-order valence-electron chi connectivity index (χ2n) is 6.94. The van der Waals surface area contributed by atoms with Gasteiger partial charge in [-0.3, -0.25) is 4.68 Å². The van der Waals surface area contributed by atoms with Crippen molar-refractivity contribution in [2.75, 3.05) is 18.0 Å². The molecule has 0 radical (unpaired) electrons. The van der Waals surface area contributed by atoms with E-state index in [0.29, 0.717) is 18.7 Å². The van der Waals surface area contributed by atoms with Crippen molar-refractivity contribution in [3.05, 3.63) is 24.4 Å². The fourth-order valence-electron chi connectivity index (χ4n) is 3.37. The fraction of sp³-hybridized carbons (Fsp3) is 0.562. The lowest BCUT2D eigenvalue weighted by atomic mass is 9.90. The Balaban J connectivity index is 1.68. The predicted octanol–water partition coefficient (Wildman–Crippen LogP) is 1.02. The van der Waals surface area contributed by atoms with Crippen LogP contribution in [0.4, 0.5) is 5.82 Å². The number of piperidine rings is 1. The number of nitrogens with zero attached hydrogens (tertiary/aromatic N) is 8. The first-order valence-corrected chi connectivity index (χ1v) is 8.50. The maximum absolute atomic E-state index is 11.2. The van der Waals surface area contributed by atoms with Crippen LogP contribution < -0.4 is 4.90 Å². The molecule has 3 aromatic rings. The van der Waals surface area contributed by atoms with Crippen molar-refractivity contribution >= 4 is 16.9 Å². The third-order valence-corrected chi connectivity index (χ3v) is 4.79. The molecule has 1 N–H and O–H groups in total.